The molecule has 0 unspecified atom stereocenters. The lowest BCUT2D eigenvalue weighted by molar-refractivity contribution is 0.438. The fraction of sp³-hybridized carbons (Fsp3) is 0.857. The van der Waals surface area contributed by atoms with Crippen LogP contribution in [0, 0.1) is 0 Å². The molecule has 0 aromatic rings. The van der Waals surface area contributed by atoms with E-state index in [1.807, 2.05) is 0 Å². The Bertz CT molecular complexity index is 117. The van der Waals surface area contributed by atoms with Crippen molar-refractivity contribution >= 4 is 17.3 Å². The van der Waals surface area contributed by atoms with Gasteiger partial charge in [0.1, 0.15) is 0 Å². The first-order valence-corrected chi connectivity index (χ1v) is 4.26. The molecule has 0 aliphatic carbocycles. The summed E-state index contributed by atoms with van der Waals surface area (Å²) in [6.07, 6.45) is 5.16. The predicted molar refractivity (Wildman–Crippen MR) is 46.8 cm³/mol. The number of hydrogen-bond donors (Lipinski definition) is 1. The van der Waals surface area contributed by atoms with E-state index >= 15 is 0 Å². The van der Waals surface area contributed by atoms with Gasteiger partial charge in [0.05, 0.1) is 0 Å². The molecular weight excluding hydrogens is 144 g/mol. The van der Waals surface area contributed by atoms with Crippen LogP contribution >= 0.6 is 12.2 Å². The quantitative estimate of drug-likeness (QED) is 0.535. The molecule has 1 heterocycles. The number of nitrogens with zero attached hydrogens (tertiary/aromatic N) is 1. The summed E-state index contributed by atoms with van der Waals surface area (Å²) < 4.78 is 0. The maximum Gasteiger partial charge on any atom is 0.166 e. The van der Waals surface area contributed by atoms with Crippen LogP contribution < -0.4 is 5.73 Å². The molecule has 0 radical (unpaired) electrons. The van der Waals surface area contributed by atoms with Crippen molar-refractivity contribution in [3.63, 3.8) is 0 Å². The lowest BCUT2D eigenvalue weighted by atomic mass is 10.2. The Hall–Kier alpha value is -0.310. The summed E-state index contributed by atoms with van der Waals surface area (Å²) in [5, 5.41) is 0.571. The normalized spacial score (nSPS) is 20.2. The summed E-state index contributed by atoms with van der Waals surface area (Å²) in [4.78, 5) is 2.10. The maximum atomic E-state index is 5.49. The minimum Gasteiger partial charge on any atom is -0.376 e. The third kappa shape index (κ3) is 2.14. The SMILES string of the molecule is NC(=S)N1CCCCCC1. The van der Waals surface area contributed by atoms with Crippen LogP contribution in [-0.2, 0) is 0 Å². The van der Waals surface area contributed by atoms with Crippen molar-refractivity contribution in [1.29, 1.82) is 0 Å². The second-order valence-electron chi connectivity index (χ2n) is 2.74. The molecule has 0 aromatic carbocycles. The van der Waals surface area contributed by atoms with E-state index in [1.54, 1.807) is 0 Å². The second-order valence-corrected chi connectivity index (χ2v) is 3.16. The highest BCUT2D eigenvalue weighted by molar-refractivity contribution is 7.80. The van der Waals surface area contributed by atoms with Crippen LogP contribution in [0.5, 0.6) is 0 Å². The van der Waals surface area contributed by atoms with E-state index in [1.165, 1.54) is 25.7 Å². The van der Waals surface area contributed by atoms with Gasteiger partial charge in [-0.2, -0.15) is 0 Å². The van der Waals surface area contributed by atoms with Gasteiger partial charge in [-0.1, -0.05) is 12.8 Å². The Morgan fingerprint density at radius 3 is 2.00 bits per heavy atom. The molecule has 1 aliphatic rings. The van der Waals surface area contributed by atoms with Gasteiger partial charge >= 0.3 is 0 Å². The minimum atomic E-state index is 0.571. The topological polar surface area (TPSA) is 29.3 Å². The Labute approximate surface area is 67.4 Å². The number of nitrogens with two attached hydrogens (primary N) is 1. The highest BCUT2D eigenvalue weighted by atomic mass is 32.1. The molecule has 10 heavy (non-hydrogen) atoms. The Morgan fingerprint density at radius 2 is 1.60 bits per heavy atom. The fourth-order valence-corrected chi connectivity index (χ4v) is 1.47. The molecule has 0 atom stereocenters. The molecule has 1 saturated heterocycles. The monoisotopic (exact) mass is 158 g/mol. The zero-order chi connectivity index (χ0) is 7.40. The highest BCUT2D eigenvalue weighted by Crippen LogP contribution is 2.08. The molecule has 58 valence electrons. The van der Waals surface area contributed by atoms with Crippen LogP contribution in [-0.4, -0.2) is 23.1 Å². The van der Waals surface area contributed by atoms with E-state index in [9.17, 15) is 0 Å². The van der Waals surface area contributed by atoms with E-state index in [4.69, 9.17) is 18.0 Å². The van der Waals surface area contributed by atoms with Gasteiger partial charge in [-0.25, -0.2) is 0 Å². The lowest BCUT2D eigenvalue weighted by Gasteiger charge is -2.19. The Kier molecular flexibility index (Phi) is 2.93. The summed E-state index contributed by atoms with van der Waals surface area (Å²) in [6, 6.07) is 0. The zero-order valence-electron chi connectivity index (χ0n) is 6.18. The summed E-state index contributed by atoms with van der Waals surface area (Å²) in [7, 11) is 0. The van der Waals surface area contributed by atoms with Gasteiger partial charge in [0.15, 0.2) is 5.11 Å². The molecule has 0 aromatic heterocycles. The van der Waals surface area contributed by atoms with Crippen molar-refractivity contribution in [3.8, 4) is 0 Å². The van der Waals surface area contributed by atoms with Crippen LogP contribution in [0.2, 0.25) is 0 Å². The number of thiocarbonyl (C=S) groups is 1. The Balaban J connectivity index is 2.35. The molecule has 2 nitrogen and oxygen atoms in total. The van der Waals surface area contributed by atoms with E-state index in [0.717, 1.165) is 13.1 Å². The third-order valence-electron chi connectivity index (χ3n) is 1.92. The molecule has 0 bridgehead atoms. The molecule has 2 N–H and O–H groups in total. The predicted octanol–water partition coefficient (Wildman–Crippen LogP) is 1.11. The summed E-state index contributed by atoms with van der Waals surface area (Å²) in [5.74, 6) is 0. The smallest absolute Gasteiger partial charge is 0.166 e. The third-order valence-corrected chi connectivity index (χ3v) is 2.18. The first kappa shape index (κ1) is 7.79. The van der Waals surface area contributed by atoms with E-state index in [-0.39, 0.29) is 0 Å². The molecule has 1 rings (SSSR count). The van der Waals surface area contributed by atoms with Crippen LogP contribution in [0.15, 0.2) is 0 Å². The first-order chi connectivity index (χ1) is 4.80. The van der Waals surface area contributed by atoms with Crippen molar-refractivity contribution in [2.45, 2.75) is 25.7 Å². The molecule has 3 heteroatoms. The minimum absolute atomic E-state index is 0.571. The van der Waals surface area contributed by atoms with Crippen molar-refractivity contribution in [2.75, 3.05) is 13.1 Å². The van der Waals surface area contributed by atoms with Gasteiger partial charge in [-0.05, 0) is 25.1 Å². The van der Waals surface area contributed by atoms with Crippen molar-refractivity contribution in [1.82, 2.24) is 4.90 Å². The van der Waals surface area contributed by atoms with Gasteiger partial charge in [0, 0.05) is 13.1 Å². The van der Waals surface area contributed by atoms with Crippen LogP contribution in [0.25, 0.3) is 0 Å². The van der Waals surface area contributed by atoms with E-state index < -0.39 is 0 Å². The lowest BCUT2D eigenvalue weighted by Crippen LogP contribution is -2.35. The van der Waals surface area contributed by atoms with Gasteiger partial charge < -0.3 is 10.6 Å². The fourth-order valence-electron chi connectivity index (χ4n) is 1.29. The highest BCUT2D eigenvalue weighted by Gasteiger charge is 2.08. The maximum absolute atomic E-state index is 5.49. The average Bonchev–Trinajstić information content (AvgIpc) is 2.12. The molecule has 0 saturated carbocycles. The molecule has 1 aliphatic heterocycles. The van der Waals surface area contributed by atoms with Crippen LogP contribution in [0.1, 0.15) is 25.7 Å². The summed E-state index contributed by atoms with van der Waals surface area (Å²) >= 11 is 4.88. The van der Waals surface area contributed by atoms with Crippen LogP contribution in [0.3, 0.4) is 0 Å². The van der Waals surface area contributed by atoms with E-state index in [2.05, 4.69) is 4.90 Å². The van der Waals surface area contributed by atoms with Crippen molar-refractivity contribution in [3.05, 3.63) is 0 Å². The van der Waals surface area contributed by atoms with Crippen molar-refractivity contribution in [2.24, 2.45) is 5.73 Å². The Morgan fingerprint density at radius 1 is 1.10 bits per heavy atom. The average molecular weight is 158 g/mol. The molecule has 1 fully saturated rings. The zero-order valence-corrected chi connectivity index (χ0v) is 6.99. The van der Waals surface area contributed by atoms with Gasteiger partial charge in [0.25, 0.3) is 0 Å². The first-order valence-electron chi connectivity index (χ1n) is 3.85. The van der Waals surface area contributed by atoms with Gasteiger partial charge in [-0.15, -0.1) is 0 Å². The molecule has 0 amide bonds. The number of rotatable bonds is 0. The standard InChI is InChI=1S/C7H14N2S/c8-7(10)9-5-3-1-2-4-6-9/h1-6H2,(H2,8,10). The summed E-state index contributed by atoms with van der Waals surface area (Å²) in [5.41, 5.74) is 5.49. The van der Waals surface area contributed by atoms with Crippen molar-refractivity contribution < 1.29 is 0 Å². The molecule has 0 spiro atoms. The number of hydrogen-bond acceptors (Lipinski definition) is 1. The second kappa shape index (κ2) is 3.76. The van der Waals surface area contributed by atoms with E-state index in [0.29, 0.717) is 5.11 Å². The van der Waals surface area contributed by atoms with Gasteiger partial charge in [-0.3, -0.25) is 0 Å². The van der Waals surface area contributed by atoms with Gasteiger partial charge in [0.2, 0.25) is 0 Å². The number of likely N-dealkylation sites (tertiary alicyclic amines) is 1. The van der Waals surface area contributed by atoms with Crippen LogP contribution in [0.4, 0.5) is 0 Å². The largest absolute Gasteiger partial charge is 0.376 e. The molecular formula is C7H14N2S. The summed E-state index contributed by atoms with van der Waals surface area (Å²) in [6.45, 7) is 2.13.